The number of nitrogens with one attached hydrogen (secondary N) is 4. The Morgan fingerprint density at radius 3 is 1.52 bits per heavy atom. The van der Waals surface area contributed by atoms with E-state index in [1.165, 1.54) is 69.1 Å². The van der Waals surface area contributed by atoms with Gasteiger partial charge in [0.25, 0.3) is 5.69 Å². The van der Waals surface area contributed by atoms with E-state index in [1.54, 1.807) is 42.6 Å². The van der Waals surface area contributed by atoms with Gasteiger partial charge in [0.15, 0.2) is 30.1 Å². The number of rotatable bonds is 29. The average Bonchev–Trinajstić information content (AvgIpc) is 1.57. The maximum Gasteiger partial charge on any atom is 0.391 e. The van der Waals surface area contributed by atoms with E-state index in [-0.39, 0.29) is 36.2 Å². The lowest BCUT2D eigenvalue weighted by Gasteiger charge is -2.30. The van der Waals surface area contributed by atoms with E-state index in [1.807, 2.05) is 6.07 Å². The summed E-state index contributed by atoms with van der Waals surface area (Å²) >= 11 is 0. The number of fused-ring (bicyclic) bond motifs is 3. The largest absolute Gasteiger partial charge is 0.464 e. The summed E-state index contributed by atoms with van der Waals surface area (Å²) < 4.78 is 86.4. The average molecular weight is 1420 g/mol. The summed E-state index contributed by atoms with van der Waals surface area (Å²) in [6, 6.07) is 9.20. The van der Waals surface area contributed by atoms with E-state index in [4.69, 9.17) is 65.0 Å². The van der Waals surface area contributed by atoms with Gasteiger partial charge in [-0.15, -0.1) is 0 Å². The van der Waals surface area contributed by atoms with Crippen molar-refractivity contribution in [2.24, 2.45) is 23.7 Å². The number of aliphatic hydroxyl groups excluding tert-OH is 3. The van der Waals surface area contributed by atoms with Gasteiger partial charge in [-0.25, -0.2) is 50.5 Å². The summed E-state index contributed by atoms with van der Waals surface area (Å²) in [6.45, 7) is 16.5. The van der Waals surface area contributed by atoms with Gasteiger partial charge in [0, 0.05) is 12.1 Å². The lowest BCUT2D eigenvalue weighted by atomic mass is 9.96. The van der Waals surface area contributed by atoms with Crippen LogP contribution in [0.15, 0.2) is 61.2 Å². The Balaban J connectivity index is 0.000000168. The smallest absolute Gasteiger partial charge is 0.391 e. The molecule has 4 aliphatic carbocycles. The van der Waals surface area contributed by atoms with Crippen LogP contribution in [0.2, 0.25) is 0 Å². The molecule has 7 heterocycles. The van der Waals surface area contributed by atoms with Crippen LogP contribution in [0.4, 0.5) is 17.3 Å². The number of non-ortho nitro benzene ring substituents is 1. The summed E-state index contributed by atoms with van der Waals surface area (Å²) in [5, 5.41) is 71.2. The summed E-state index contributed by atoms with van der Waals surface area (Å²) in [5.41, 5.74) is 9.85. The first-order valence-electron chi connectivity index (χ1n) is 32.2. The summed E-state index contributed by atoms with van der Waals surface area (Å²) in [7, 11) is -8.39. The molecule has 536 valence electrons. The SMILES string of the molecule is C[C@H](NP(=O)(N[C@@H](C)C(=O)OCC1CC1)OC[C@@]1(C#N)O[C@@H](c2ccc3c(N)ncnn23)[C@H](O)[C@@H]1O)C(=O)OCC1CC1.C[C@H](NP(=O)(N[C@@H](C)C(=O)OCC1CC1)Oc1ccc([N+](=O)[O-])cc1)C(=O)OCC1CC1.[C-]#[N+][C@]1(CO)O[C@@H](c2ccc3c(N)ncnn23)[C@@H]2OC(C)(C)O[C@@H]21. The molecule has 0 bridgehead atoms. The normalized spacial score (nSPS) is 25.8. The van der Waals surface area contributed by atoms with Gasteiger partial charge in [0.2, 0.25) is 5.60 Å². The molecule has 99 heavy (non-hydrogen) atoms. The topological polar surface area (TPSA) is 487 Å². The highest BCUT2D eigenvalue weighted by molar-refractivity contribution is 7.55. The number of ether oxygens (including phenoxy) is 8. The molecule has 4 saturated carbocycles. The molecule has 36 nitrogen and oxygen atoms in total. The predicted octanol–water partition coefficient (Wildman–Crippen LogP) is 3.81. The minimum absolute atomic E-state index is 0.0519. The first-order chi connectivity index (χ1) is 47.0. The zero-order valence-corrected chi connectivity index (χ0v) is 56.8. The molecule has 7 fully saturated rings. The molecular formula is C61H81N15O21P2. The molecule has 3 aliphatic heterocycles. The number of carbonyl (C=O) groups is 4. The van der Waals surface area contributed by atoms with Crippen LogP contribution >= 0.6 is 15.3 Å². The van der Waals surface area contributed by atoms with Crippen LogP contribution in [-0.4, -0.2) is 179 Å². The highest BCUT2D eigenvalue weighted by Crippen LogP contribution is 2.51. The number of esters is 4. The lowest BCUT2D eigenvalue weighted by Crippen LogP contribution is -2.48. The Bertz CT molecular complexity index is 3870. The molecule has 0 radical (unpaired) electrons. The third-order valence-electron chi connectivity index (χ3n) is 17.1. The second-order valence-corrected chi connectivity index (χ2v) is 29.6. The minimum Gasteiger partial charge on any atom is -0.464 e. The van der Waals surface area contributed by atoms with Crippen LogP contribution < -0.4 is 36.3 Å². The molecule has 4 aromatic heterocycles. The highest BCUT2D eigenvalue weighted by Gasteiger charge is 2.69. The third-order valence-corrected chi connectivity index (χ3v) is 21.0. The van der Waals surface area contributed by atoms with E-state index in [2.05, 4.69) is 45.4 Å². The van der Waals surface area contributed by atoms with Crippen LogP contribution in [0.1, 0.15) is 117 Å². The summed E-state index contributed by atoms with van der Waals surface area (Å²) in [4.78, 5) is 71.4. The van der Waals surface area contributed by atoms with Crippen LogP contribution in [-0.2, 0) is 70.7 Å². The van der Waals surface area contributed by atoms with Gasteiger partial charge < -0.3 is 69.0 Å². The molecule has 12 rings (SSSR count). The first kappa shape index (κ1) is 73.8. The third kappa shape index (κ3) is 18.0. The van der Waals surface area contributed by atoms with Crippen molar-refractivity contribution in [2.75, 3.05) is 51.1 Å². The quantitative estimate of drug-likeness (QED) is 0.00820. The lowest BCUT2D eigenvalue weighted by molar-refractivity contribution is -0.384. The maximum absolute atomic E-state index is 14.1. The summed E-state index contributed by atoms with van der Waals surface area (Å²) in [6.07, 6.45) is 3.87. The van der Waals surface area contributed by atoms with Gasteiger partial charge in [0.1, 0.15) is 96.8 Å². The number of nitro benzene ring substituents is 1. The molecule has 0 spiro atoms. The second-order valence-electron chi connectivity index (χ2n) is 26.0. The molecule has 0 unspecified atom stereocenters. The highest BCUT2D eigenvalue weighted by atomic mass is 31.2. The van der Waals surface area contributed by atoms with Crippen molar-refractivity contribution in [2.45, 2.75) is 171 Å². The number of anilines is 2. The number of hydrogen-bond donors (Lipinski definition) is 9. The van der Waals surface area contributed by atoms with Crippen molar-refractivity contribution in [3.05, 3.63) is 94.1 Å². The molecular weight excluding hydrogens is 1340 g/mol. The first-order valence-corrected chi connectivity index (χ1v) is 35.5. The van der Waals surface area contributed by atoms with Crippen molar-refractivity contribution in [1.29, 1.82) is 5.26 Å². The van der Waals surface area contributed by atoms with Crippen LogP contribution in [0.25, 0.3) is 15.9 Å². The predicted molar refractivity (Wildman–Crippen MR) is 343 cm³/mol. The molecule has 1 aromatic carbocycles. The number of nitro groups is 1. The Morgan fingerprint density at radius 1 is 0.697 bits per heavy atom. The minimum atomic E-state index is -4.35. The summed E-state index contributed by atoms with van der Waals surface area (Å²) in [5.74, 6) is -1.56. The monoisotopic (exact) mass is 1420 g/mol. The van der Waals surface area contributed by atoms with Crippen molar-refractivity contribution in [3.63, 3.8) is 0 Å². The van der Waals surface area contributed by atoms with E-state index in [0.29, 0.717) is 59.4 Å². The fraction of sp³-hybridized carbons (Fsp3) is 0.607. The number of nitrogens with two attached hydrogens (primary N) is 2. The zero-order valence-electron chi connectivity index (χ0n) is 55.0. The number of carbonyl (C=O) groups excluding carboxylic acids is 4. The fourth-order valence-electron chi connectivity index (χ4n) is 10.7. The zero-order chi connectivity index (χ0) is 71.4. The van der Waals surface area contributed by atoms with Gasteiger partial charge in [0.05, 0.1) is 42.7 Å². The van der Waals surface area contributed by atoms with Gasteiger partial charge in [-0.2, -0.15) is 15.5 Å². The van der Waals surface area contributed by atoms with Gasteiger partial charge in [-0.1, -0.05) is 0 Å². The van der Waals surface area contributed by atoms with E-state index >= 15 is 0 Å². The van der Waals surface area contributed by atoms with Crippen LogP contribution in [0.3, 0.4) is 0 Å². The maximum atomic E-state index is 14.1. The number of hydrogen-bond acceptors (Lipinski definition) is 28. The van der Waals surface area contributed by atoms with Gasteiger partial charge in [-0.05, 0) is 153 Å². The van der Waals surface area contributed by atoms with Crippen molar-refractivity contribution in [1.82, 2.24) is 49.5 Å². The Kier molecular flexibility index (Phi) is 22.8. The van der Waals surface area contributed by atoms with Gasteiger partial charge >= 0.3 is 44.9 Å². The second kappa shape index (κ2) is 30.5. The van der Waals surface area contributed by atoms with E-state index in [0.717, 1.165) is 51.4 Å². The standard InChI is InChI=1S/C26H36N7O9P.C20H28N3O8P.C15H17N5O4/c1-14(24(36)39-9-16-3-4-16)31-43(38,32-15(2)25(37)40-10-17-5-6-17)41-12-26(11-27)22(35)20(34)21(42-26)18-7-8-19-23(28)29-13-30-33(18)19;1-13(19(24)29-11-15-3-4-15)21-32(28,22-14(2)20(25)30-12-16-5-6-16)31-18-9-7-17(8-10-18)23(26)27;1-14(2)22-11-10(23-15(6-21,17-3)12(11)24-14)8-4-5-9-13(16)18-7-19-20(8)9/h7-8,13-17,20-22,34-35H,3-6,9-10,12H2,1-2H3,(H2,28,29,30)(H2,31,32,38);7-10,13-16H,3-6,11-12H2,1-2H3,(H2,21,22,28);4-5,7,10-12,21H,6H2,1-2H3,(H2,16,18,19)/t14-,15-,20-,21-,22-,26+;13-,14-;10-,11-,12-,15+/m000/s1. The number of benzene rings is 1. The molecule has 38 heteroatoms. The fourth-order valence-corrected chi connectivity index (χ4v) is 14.3. The van der Waals surface area contributed by atoms with E-state index in [9.17, 15) is 59.0 Å². The Morgan fingerprint density at radius 2 is 1.12 bits per heavy atom. The van der Waals surface area contributed by atoms with Crippen LogP contribution in [0, 0.1) is 51.7 Å². The van der Waals surface area contributed by atoms with Gasteiger partial charge in [-0.3, -0.25) is 43.4 Å². The van der Waals surface area contributed by atoms with E-state index < -0.39 is 135 Å². The number of aromatic nitrogens is 6. The molecule has 12 atom stereocenters. The van der Waals surface area contributed by atoms with Crippen molar-refractivity contribution in [3.8, 4) is 11.8 Å². The molecule has 5 aromatic rings. The Hall–Kier alpha value is -7.90. The molecule has 11 N–H and O–H groups in total. The number of nitrogens with zero attached hydrogens (tertiary/aromatic N) is 9. The molecule has 7 aliphatic rings. The number of nitrogen functional groups attached to an aromatic ring is 2. The number of nitriles is 1. The van der Waals surface area contributed by atoms with Crippen LogP contribution in [0.5, 0.6) is 5.75 Å². The van der Waals surface area contributed by atoms with Crippen molar-refractivity contribution >= 4 is 67.6 Å². The molecule has 3 saturated heterocycles. The van der Waals surface area contributed by atoms with Crippen molar-refractivity contribution < 1.29 is 95.5 Å². The molecule has 0 amide bonds. The number of aliphatic hydroxyl groups is 3. The Labute approximate surface area is 567 Å².